The third-order valence-corrected chi connectivity index (χ3v) is 0.903. The largest absolute Gasteiger partial charge is 0.0976 e. The SMILES string of the molecule is C=C/C(Cl)=C\CC.CC. The second kappa shape index (κ2) is 10.7. The van der Waals surface area contributed by atoms with Gasteiger partial charge < -0.3 is 0 Å². The van der Waals surface area contributed by atoms with Gasteiger partial charge in [-0.15, -0.1) is 0 Å². The summed E-state index contributed by atoms with van der Waals surface area (Å²) in [4.78, 5) is 0. The van der Waals surface area contributed by atoms with Crippen LogP contribution >= 0.6 is 11.6 Å². The van der Waals surface area contributed by atoms with E-state index >= 15 is 0 Å². The van der Waals surface area contributed by atoms with Gasteiger partial charge in [0.1, 0.15) is 0 Å². The lowest BCUT2D eigenvalue weighted by atomic mass is 10.4. The molecule has 0 aliphatic rings. The van der Waals surface area contributed by atoms with Crippen LogP contribution in [0, 0.1) is 0 Å². The molecule has 0 unspecified atom stereocenters. The molecule has 0 heterocycles. The first-order valence-corrected chi connectivity index (χ1v) is 3.67. The van der Waals surface area contributed by atoms with E-state index in [1.165, 1.54) is 0 Å². The Labute approximate surface area is 63.2 Å². The summed E-state index contributed by atoms with van der Waals surface area (Å²) >= 11 is 5.51. The average molecular weight is 147 g/mol. The summed E-state index contributed by atoms with van der Waals surface area (Å²) in [6.07, 6.45) is 4.52. The Balaban J connectivity index is 0. The minimum atomic E-state index is 0.738. The van der Waals surface area contributed by atoms with Crippen LogP contribution in [-0.4, -0.2) is 0 Å². The third-order valence-electron chi connectivity index (χ3n) is 0.594. The van der Waals surface area contributed by atoms with E-state index in [1.807, 2.05) is 26.8 Å². The molecule has 0 spiro atoms. The number of hydrogen-bond acceptors (Lipinski definition) is 0. The summed E-state index contributed by atoms with van der Waals surface area (Å²) < 4.78 is 0. The zero-order valence-electron chi connectivity index (χ0n) is 6.45. The molecule has 0 bridgehead atoms. The van der Waals surface area contributed by atoms with E-state index in [-0.39, 0.29) is 0 Å². The van der Waals surface area contributed by atoms with E-state index in [0.717, 1.165) is 11.5 Å². The molecule has 0 saturated carbocycles. The maximum absolute atomic E-state index is 5.51. The van der Waals surface area contributed by atoms with Gasteiger partial charge in [-0.1, -0.05) is 51.1 Å². The van der Waals surface area contributed by atoms with Gasteiger partial charge in [0, 0.05) is 5.03 Å². The number of halogens is 1. The summed E-state index contributed by atoms with van der Waals surface area (Å²) in [5, 5.41) is 0.738. The Morgan fingerprint density at radius 3 is 2.11 bits per heavy atom. The highest BCUT2D eigenvalue weighted by molar-refractivity contribution is 6.31. The minimum absolute atomic E-state index is 0.738. The zero-order valence-corrected chi connectivity index (χ0v) is 7.20. The fourth-order valence-electron chi connectivity index (χ4n) is 0.278. The van der Waals surface area contributed by atoms with Gasteiger partial charge >= 0.3 is 0 Å². The van der Waals surface area contributed by atoms with E-state index in [4.69, 9.17) is 11.6 Å². The molecule has 0 fully saturated rings. The second-order valence-corrected chi connectivity index (χ2v) is 1.64. The van der Waals surface area contributed by atoms with Crippen molar-refractivity contribution < 1.29 is 0 Å². The van der Waals surface area contributed by atoms with Crippen LogP contribution in [0.1, 0.15) is 27.2 Å². The highest BCUT2D eigenvalue weighted by atomic mass is 35.5. The number of allylic oxidation sites excluding steroid dienone is 3. The summed E-state index contributed by atoms with van der Waals surface area (Å²) in [6.45, 7) is 9.51. The molecule has 9 heavy (non-hydrogen) atoms. The molecule has 0 radical (unpaired) electrons. The van der Waals surface area contributed by atoms with Crippen molar-refractivity contribution in [3.05, 3.63) is 23.8 Å². The van der Waals surface area contributed by atoms with Gasteiger partial charge in [-0.3, -0.25) is 0 Å². The van der Waals surface area contributed by atoms with Gasteiger partial charge in [0.05, 0.1) is 0 Å². The standard InChI is InChI=1S/C6H9Cl.C2H6/c1-3-5-6(7)4-2;1-2/h4-5H,2-3H2,1H3;1-2H3/b6-5+;. The third kappa shape index (κ3) is 11.4. The molecule has 0 aromatic heterocycles. The molecule has 0 atom stereocenters. The van der Waals surface area contributed by atoms with Crippen LogP contribution in [0.4, 0.5) is 0 Å². The normalized spacial score (nSPS) is 9.56. The summed E-state index contributed by atoms with van der Waals surface area (Å²) in [5.41, 5.74) is 0. The molecule has 0 rings (SSSR count). The van der Waals surface area contributed by atoms with E-state index < -0.39 is 0 Å². The van der Waals surface area contributed by atoms with Crippen molar-refractivity contribution in [3.8, 4) is 0 Å². The highest BCUT2D eigenvalue weighted by Gasteiger charge is 1.75. The van der Waals surface area contributed by atoms with E-state index in [1.54, 1.807) is 6.08 Å². The van der Waals surface area contributed by atoms with Crippen LogP contribution in [0.2, 0.25) is 0 Å². The molecule has 0 N–H and O–H groups in total. The van der Waals surface area contributed by atoms with Crippen LogP contribution in [0.15, 0.2) is 23.8 Å². The molecular weight excluding hydrogens is 132 g/mol. The van der Waals surface area contributed by atoms with Crippen molar-refractivity contribution in [2.24, 2.45) is 0 Å². The number of rotatable bonds is 2. The maximum atomic E-state index is 5.51. The second-order valence-electron chi connectivity index (χ2n) is 1.20. The molecule has 0 aliphatic carbocycles. The molecule has 0 amide bonds. The van der Waals surface area contributed by atoms with Crippen molar-refractivity contribution in [2.45, 2.75) is 27.2 Å². The Morgan fingerprint density at radius 2 is 2.00 bits per heavy atom. The van der Waals surface area contributed by atoms with E-state index in [9.17, 15) is 0 Å². The Bertz CT molecular complexity index is 82.6. The quantitative estimate of drug-likeness (QED) is 0.521. The van der Waals surface area contributed by atoms with Gasteiger partial charge in [0.25, 0.3) is 0 Å². The Hall–Kier alpha value is -0.230. The van der Waals surface area contributed by atoms with Crippen LogP contribution < -0.4 is 0 Å². The van der Waals surface area contributed by atoms with Crippen molar-refractivity contribution >= 4 is 11.6 Å². The molecule has 0 nitrogen and oxygen atoms in total. The first-order chi connectivity index (χ1) is 4.31. The lowest BCUT2D eigenvalue weighted by Crippen LogP contribution is -1.57. The molecular formula is C8H15Cl. The van der Waals surface area contributed by atoms with Crippen LogP contribution in [-0.2, 0) is 0 Å². The predicted octanol–water partition coefficient (Wildman–Crippen LogP) is 3.73. The molecule has 0 aromatic carbocycles. The predicted molar refractivity (Wildman–Crippen MR) is 45.8 cm³/mol. The Kier molecular flexibility index (Phi) is 13.7. The van der Waals surface area contributed by atoms with Crippen molar-refractivity contribution in [3.63, 3.8) is 0 Å². The molecule has 0 aromatic rings. The average Bonchev–Trinajstić information content (AvgIpc) is 1.93. The number of hydrogen-bond donors (Lipinski definition) is 0. The summed E-state index contributed by atoms with van der Waals surface area (Å²) in [7, 11) is 0. The molecule has 0 aliphatic heterocycles. The van der Waals surface area contributed by atoms with Gasteiger partial charge in [-0.2, -0.15) is 0 Å². The van der Waals surface area contributed by atoms with Crippen molar-refractivity contribution in [1.29, 1.82) is 0 Å². The highest BCUT2D eigenvalue weighted by Crippen LogP contribution is 2.01. The molecule has 0 saturated heterocycles. The van der Waals surface area contributed by atoms with E-state index in [0.29, 0.717) is 0 Å². The van der Waals surface area contributed by atoms with Crippen LogP contribution in [0.25, 0.3) is 0 Å². The molecule has 1 heteroatoms. The zero-order chi connectivity index (χ0) is 7.70. The smallest absolute Gasteiger partial charge is 0.0360 e. The monoisotopic (exact) mass is 146 g/mol. The lowest BCUT2D eigenvalue weighted by Gasteiger charge is -1.80. The van der Waals surface area contributed by atoms with Gasteiger partial charge in [-0.05, 0) is 6.42 Å². The first kappa shape index (κ1) is 11.6. The minimum Gasteiger partial charge on any atom is -0.0976 e. The fraction of sp³-hybridized carbons (Fsp3) is 0.500. The fourth-order valence-corrected chi connectivity index (χ4v) is 0.433. The lowest BCUT2D eigenvalue weighted by molar-refractivity contribution is 1.22. The molecule has 54 valence electrons. The van der Waals surface area contributed by atoms with E-state index in [2.05, 4.69) is 6.58 Å². The maximum Gasteiger partial charge on any atom is 0.0360 e. The first-order valence-electron chi connectivity index (χ1n) is 3.29. The summed E-state index contributed by atoms with van der Waals surface area (Å²) in [5.74, 6) is 0. The van der Waals surface area contributed by atoms with Crippen LogP contribution in [0.3, 0.4) is 0 Å². The van der Waals surface area contributed by atoms with Gasteiger partial charge in [0.2, 0.25) is 0 Å². The summed E-state index contributed by atoms with van der Waals surface area (Å²) in [6, 6.07) is 0. The topological polar surface area (TPSA) is 0 Å². The van der Waals surface area contributed by atoms with Crippen molar-refractivity contribution in [2.75, 3.05) is 0 Å². The van der Waals surface area contributed by atoms with Gasteiger partial charge in [0.15, 0.2) is 0 Å². The Morgan fingerprint density at radius 1 is 1.56 bits per heavy atom. The van der Waals surface area contributed by atoms with Crippen LogP contribution in [0.5, 0.6) is 0 Å². The van der Waals surface area contributed by atoms with Crippen molar-refractivity contribution in [1.82, 2.24) is 0 Å². The van der Waals surface area contributed by atoms with Gasteiger partial charge in [-0.25, -0.2) is 0 Å².